The molecule has 4 heteroatoms. The molecule has 0 N–H and O–H groups in total. The van der Waals surface area contributed by atoms with Crippen LogP contribution < -0.4 is 0 Å². The Labute approximate surface area is 125 Å². The maximum Gasteiger partial charge on any atom is 0.373 e. The minimum Gasteiger partial charge on any atom is -0.292 e. The zero-order valence-electron chi connectivity index (χ0n) is 12.2. The van der Waals surface area contributed by atoms with Gasteiger partial charge in [0.1, 0.15) is 5.60 Å². The Morgan fingerprint density at radius 3 is 2.35 bits per heavy atom. The fourth-order valence-corrected chi connectivity index (χ4v) is 2.67. The molecule has 20 heavy (non-hydrogen) atoms. The van der Waals surface area contributed by atoms with Crippen LogP contribution >= 0.6 is 11.6 Å². The lowest BCUT2D eigenvalue weighted by atomic mass is 9.97. The van der Waals surface area contributed by atoms with Crippen LogP contribution in [0.1, 0.15) is 61.9 Å². The molecule has 3 nitrogen and oxygen atoms in total. The lowest BCUT2D eigenvalue weighted by Crippen LogP contribution is -2.21. The summed E-state index contributed by atoms with van der Waals surface area (Å²) in [5.41, 5.74) is 1.23. The zero-order valence-corrected chi connectivity index (χ0v) is 12.9. The fraction of sp³-hybridized carbons (Fsp3) is 0.562. The Kier molecular flexibility index (Phi) is 4.71. The second kappa shape index (κ2) is 6.15. The van der Waals surface area contributed by atoms with Gasteiger partial charge in [0.2, 0.25) is 0 Å². The maximum atomic E-state index is 11.8. The van der Waals surface area contributed by atoms with Crippen molar-refractivity contribution < 1.29 is 14.6 Å². The van der Waals surface area contributed by atoms with Crippen molar-refractivity contribution in [2.24, 2.45) is 0 Å². The van der Waals surface area contributed by atoms with Crippen molar-refractivity contribution in [2.75, 3.05) is 0 Å². The van der Waals surface area contributed by atoms with Crippen LogP contribution in [0.25, 0.3) is 0 Å². The maximum absolute atomic E-state index is 11.8. The van der Waals surface area contributed by atoms with Gasteiger partial charge in [0.15, 0.2) is 0 Å². The average molecular weight is 297 g/mol. The molecule has 2 unspecified atom stereocenters. The SMILES string of the molecule is CC(C)(C)OOC(=O)c1ccc(C2CCC(Cl)C2)cc1. The highest BCUT2D eigenvalue weighted by atomic mass is 35.5. The Bertz CT molecular complexity index is 462. The van der Waals surface area contributed by atoms with E-state index in [0.717, 1.165) is 19.3 Å². The molecule has 0 heterocycles. The number of halogens is 1. The predicted molar refractivity (Wildman–Crippen MR) is 78.9 cm³/mol. The summed E-state index contributed by atoms with van der Waals surface area (Å²) in [6.07, 6.45) is 3.19. The average Bonchev–Trinajstić information content (AvgIpc) is 2.82. The minimum atomic E-state index is -0.505. The normalized spacial score (nSPS) is 22.8. The van der Waals surface area contributed by atoms with Gasteiger partial charge in [-0.2, -0.15) is 4.89 Å². The van der Waals surface area contributed by atoms with Crippen molar-refractivity contribution in [3.63, 3.8) is 0 Å². The molecular formula is C16H21ClO3. The van der Waals surface area contributed by atoms with Gasteiger partial charge in [0.25, 0.3) is 0 Å². The highest BCUT2D eigenvalue weighted by Gasteiger charge is 2.24. The summed E-state index contributed by atoms with van der Waals surface area (Å²) in [6, 6.07) is 7.52. The standard InChI is InChI=1S/C16H21ClO3/c1-16(2,3)20-19-15(18)12-6-4-11(5-7-12)13-8-9-14(17)10-13/h4-7,13-14H,8-10H2,1-3H3. The second-order valence-electron chi connectivity index (χ2n) is 6.30. The molecule has 1 saturated carbocycles. The van der Waals surface area contributed by atoms with Crippen LogP contribution in [-0.2, 0) is 9.78 Å². The Balaban J connectivity index is 1.96. The first-order valence-electron chi connectivity index (χ1n) is 6.99. The van der Waals surface area contributed by atoms with Gasteiger partial charge in [-0.15, -0.1) is 11.6 Å². The molecule has 110 valence electrons. The number of benzene rings is 1. The molecule has 0 aromatic heterocycles. The molecular weight excluding hydrogens is 276 g/mol. The topological polar surface area (TPSA) is 35.5 Å². The van der Waals surface area contributed by atoms with Gasteiger partial charge in [0.05, 0.1) is 5.56 Å². The minimum absolute atomic E-state index is 0.282. The summed E-state index contributed by atoms with van der Waals surface area (Å²) in [4.78, 5) is 21.6. The van der Waals surface area contributed by atoms with Crippen LogP contribution in [0, 0.1) is 0 Å². The van der Waals surface area contributed by atoms with Gasteiger partial charge in [-0.1, -0.05) is 12.1 Å². The van der Waals surface area contributed by atoms with Crippen LogP contribution in [0.4, 0.5) is 0 Å². The predicted octanol–water partition coefficient (Wildman–Crippen LogP) is 4.45. The zero-order chi connectivity index (χ0) is 14.8. The molecule has 1 aromatic rings. The number of carbonyl (C=O) groups excluding carboxylic acids is 1. The third-order valence-electron chi connectivity index (χ3n) is 3.35. The highest BCUT2D eigenvalue weighted by molar-refractivity contribution is 6.20. The van der Waals surface area contributed by atoms with Gasteiger partial charge in [-0.25, -0.2) is 4.79 Å². The van der Waals surface area contributed by atoms with E-state index < -0.39 is 11.6 Å². The van der Waals surface area contributed by atoms with E-state index in [1.165, 1.54) is 5.56 Å². The van der Waals surface area contributed by atoms with Gasteiger partial charge >= 0.3 is 5.97 Å². The number of carbonyl (C=O) groups is 1. The van der Waals surface area contributed by atoms with Gasteiger partial charge < -0.3 is 0 Å². The van der Waals surface area contributed by atoms with Crippen LogP contribution in [0.3, 0.4) is 0 Å². The Morgan fingerprint density at radius 1 is 1.20 bits per heavy atom. The summed E-state index contributed by atoms with van der Waals surface area (Å²) in [7, 11) is 0. The molecule has 2 atom stereocenters. The van der Waals surface area contributed by atoms with E-state index in [4.69, 9.17) is 21.4 Å². The van der Waals surface area contributed by atoms with E-state index in [0.29, 0.717) is 11.5 Å². The van der Waals surface area contributed by atoms with Crippen LogP contribution in [0.15, 0.2) is 24.3 Å². The van der Waals surface area contributed by atoms with Crippen LogP contribution in [0.5, 0.6) is 0 Å². The molecule has 0 bridgehead atoms. The molecule has 1 fully saturated rings. The van der Waals surface area contributed by atoms with Crippen molar-refractivity contribution in [3.05, 3.63) is 35.4 Å². The highest BCUT2D eigenvalue weighted by Crippen LogP contribution is 2.37. The number of hydrogen-bond donors (Lipinski definition) is 0. The summed E-state index contributed by atoms with van der Waals surface area (Å²) >= 11 is 6.13. The van der Waals surface area contributed by atoms with E-state index in [-0.39, 0.29) is 5.38 Å². The van der Waals surface area contributed by atoms with E-state index in [2.05, 4.69) is 0 Å². The van der Waals surface area contributed by atoms with Crippen molar-refractivity contribution in [2.45, 2.75) is 56.9 Å². The lowest BCUT2D eigenvalue weighted by molar-refractivity contribution is -0.301. The fourth-order valence-electron chi connectivity index (χ4n) is 2.33. The first-order valence-corrected chi connectivity index (χ1v) is 7.43. The van der Waals surface area contributed by atoms with Gasteiger partial charge in [-0.3, -0.25) is 4.89 Å². The monoisotopic (exact) mass is 296 g/mol. The molecule has 0 spiro atoms. The lowest BCUT2D eigenvalue weighted by Gasteiger charge is -2.16. The summed E-state index contributed by atoms with van der Waals surface area (Å²) < 4.78 is 0. The Morgan fingerprint density at radius 2 is 1.85 bits per heavy atom. The van der Waals surface area contributed by atoms with Crippen LogP contribution in [0.2, 0.25) is 0 Å². The van der Waals surface area contributed by atoms with Crippen molar-refractivity contribution >= 4 is 17.6 Å². The van der Waals surface area contributed by atoms with E-state index in [9.17, 15) is 4.79 Å². The molecule has 1 aliphatic carbocycles. The summed E-state index contributed by atoms with van der Waals surface area (Å²) in [5.74, 6) is 0.0431. The smallest absolute Gasteiger partial charge is 0.292 e. The third-order valence-corrected chi connectivity index (χ3v) is 3.75. The quantitative estimate of drug-likeness (QED) is 0.470. The van der Waals surface area contributed by atoms with Crippen molar-refractivity contribution in [1.82, 2.24) is 0 Å². The summed E-state index contributed by atoms with van der Waals surface area (Å²) in [6.45, 7) is 5.48. The van der Waals surface area contributed by atoms with Gasteiger partial charge in [-0.05, 0) is 63.6 Å². The first-order chi connectivity index (χ1) is 9.35. The number of rotatable bonds is 3. The Hall–Kier alpha value is -1.06. The van der Waals surface area contributed by atoms with Crippen molar-refractivity contribution in [1.29, 1.82) is 0 Å². The van der Waals surface area contributed by atoms with Gasteiger partial charge in [0, 0.05) is 5.38 Å². The largest absolute Gasteiger partial charge is 0.373 e. The molecule has 0 radical (unpaired) electrons. The van der Waals surface area contributed by atoms with E-state index in [1.807, 2.05) is 32.9 Å². The van der Waals surface area contributed by atoms with E-state index in [1.54, 1.807) is 12.1 Å². The van der Waals surface area contributed by atoms with Crippen molar-refractivity contribution in [3.8, 4) is 0 Å². The first kappa shape index (κ1) is 15.3. The third kappa shape index (κ3) is 4.22. The molecule has 1 aromatic carbocycles. The molecule has 0 saturated heterocycles. The number of hydrogen-bond acceptors (Lipinski definition) is 3. The summed E-state index contributed by atoms with van der Waals surface area (Å²) in [5, 5.41) is 0.282. The van der Waals surface area contributed by atoms with E-state index >= 15 is 0 Å². The molecule has 2 rings (SSSR count). The molecule has 0 amide bonds. The number of alkyl halides is 1. The molecule has 0 aliphatic heterocycles. The second-order valence-corrected chi connectivity index (χ2v) is 6.91. The molecule has 1 aliphatic rings. The van der Waals surface area contributed by atoms with Crippen LogP contribution in [-0.4, -0.2) is 16.9 Å².